The Balaban J connectivity index is -0.0000000267. The average molecular weight is 112 g/mol. The van der Waals surface area contributed by atoms with E-state index in [1.807, 2.05) is 0 Å². The van der Waals surface area contributed by atoms with Crippen LogP contribution in [0.3, 0.4) is 0 Å². The third-order valence-electron chi connectivity index (χ3n) is 0.322. The molecule has 0 atom stereocenters. The maximum absolute atomic E-state index is 4.67. The quantitative estimate of drug-likeness (QED) is 0.449. The Hall–Kier alpha value is 1.49. The van der Waals surface area contributed by atoms with Gasteiger partial charge in [0, 0.05) is 0 Å². The van der Waals surface area contributed by atoms with E-state index in [0.717, 1.165) is 11.9 Å². The minimum absolute atomic E-state index is 0. The van der Waals surface area contributed by atoms with Crippen LogP contribution in [0.4, 0.5) is 0 Å². The second-order valence-corrected chi connectivity index (χ2v) is 1.36. The zero-order chi connectivity index (χ0) is 4.12. The van der Waals surface area contributed by atoms with Crippen LogP contribution in [0, 0.1) is 0 Å². The van der Waals surface area contributed by atoms with Gasteiger partial charge in [0.1, 0.15) is 0 Å². The molecule has 0 aromatic carbocycles. The van der Waals surface area contributed by atoms with E-state index in [4.69, 9.17) is 0 Å². The fraction of sp³-hybridized carbons (Fsp3) is 1.00. The van der Waals surface area contributed by atoms with Gasteiger partial charge >= 0.3 is 69.6 Å². The zero-order valence-corrected chi connectivity index (χ0v) is 4.55. The van der Waals surface area contributed by atoms with Crippen LogP contribution >= 0.6 is 0 Å². The molecule has 0 saturated heterocycles. The molecule has 0 unspecified atom stereocenters. The van der Waals surface area contributed by atoms with Crippen molar-refractivity contribution in [3.05, 3.63) is 0 Å². The molecule has 0 heterocycles. The predicted octanol–water partition coefficient (Wildman–Crippen LogP) is -0.204. The topological polar surface area (TPSA) is 9.23 Å². The number of hydrogen-bond donors (Lipinski definition) is 0. The van der Waals surface area contributed by atoms with Crippen LogP contribution in [0.1, 0.15) is 2.85 Å². The molecule has 0 radical (unpaired) electrons. The summed E-state index contributed by atoms with van der Waals surface area (Å²) in [6, 6.07) is 0. The molecule has 32 valence electrons. The van der Waals surface area contributed by atoms with E-state index in [1.54, 1.807) is 7.11 Å². The summed E-state index contributed by atoms with van der Waals surface area (Å²) in [5, 5.41) is 1.04. The van der Waals surface area contributed by atoms with Crippen LogP contribution < -0.4 is 0 Å². The first-order valence-corrected chi connectivity index (χ1v) is 2.42. The van der Waals surface area contributed by atoms with E-state index >= 15 is 0 Å². The van der Waals surface area contributed by atoms with E-state index in [9.17, 15) is 0 Å². The van der Waals surface area contributed by atoms with Crippen molar-refractivity contribution in [2.24, 2.45) is 0 Å². The van der Waals surface area contributed by atoms with Gasteiger partial charge < -0.3 is 2.85 Å². The second kappa shape index (κ2) is 9.70. The molecule has 0 saturated carbocycles. The molecule has 0 bridgehead atoms. The summed E-state index contributed by atoms with van der Waals surface area (Å²) < 4.78 is 4.67. The standard InChI is InChI=1S/C3H7O.Al.Na.3H/c1-3-4-2;;;;;/h1,3H2,2H3;;;;;/q;+2;;;2*-1. The molecule has 0 fully saturated rings. The maximum atomic E-state index is 4.67. The van der Waals surface area contributed by atoms with Gasteiger partial charge in [-0.15, -0.1) is 0 Å². The van der Waals surface area contributed by atoms with E-state index in [0.29, 0.717) is 0 Å². The van der Waals surface area contributed by atoms with Gasteiger partial charge in [-0.05, 0) is 0 Å². The number of methoxy groups -OCH3 is 1. The molecule has 1 nitrogen and oxygen atoms in total. The average Bonchev–Trinajstić information content (AvgIpc) is 1.41. The van der Waals surface area contributed by atoms with E-state index in [2.05, 4.69) is 21.0 Å². The number of hydrogen-bond acceptors (Lipinski definition) is 1. The second-order valence-electron chi connectivity index (χ2n) is 0.781. The van der Waals surface area contributed by atoms with Crippen molar-refractivity contribution in [2.45, 2.75) is 5.28 Å². The van der Waals surface area contributed by atoms with Crippen LogP contribution in [0.5, 0.6) is 0 Å². The fourth-order valence-electron chi connectivity index (χ4n) is 0.118. The Morgan fingerprint density at radius 2 is 2.33 bits per heavy atom. The summed E-state index contributed by atoms with van der Waals surface area (Å²) in [6.45, 7) is 0.852. The normalized spacial score (nSPS) is 7.17. The summed E-state index contributed by atoms with van der Waals surface area (Å²) in [6.07, 6.45) is 0. The van der Waals surface area contributed by atoms with Crippen LogP contribution in [0.15, 0.2) is 0 Å². The molecule has 0 aromatic rings. The summed E-state index contributed by atoms with van der Waals surface area (Å²) in [4.78, 5) is 0. The molecule has 0 N–H and O–H groups in total. The van der Waals surface area contributed by atoms with Gasteiger partial charge in [-0.3, -0.25) is 0 Å². The Bertz CT molecular complexity index is 24.8. The van der Waals surface area contributed by atoms with Crippen LogP contribution in [-0.4, -0.2) is 59.6 Å². The Labute approximate surface area is 72.1 Å². The van der Waals surface area contributed by atoms with E-state index in [1.165, 1.54) is 0 Å². The van der Waals surface area contributed by atoms with Crippen molar-refractivity contribution in [1.29, 1.82) is 0 Å². The van der Waals surface area contributed by atoms with Crippen LogP contribution in [0.25, 0.3) is 0 Å². The predicted molar refractivity (Wildman–Crippen MR) is 31.8 cm³/mol. The molecule has 0 aliphatic heterocycles. The molecular weight excluding hydrogens is 102 g/mol. The molecule has 0 rings (SSSR count). The summed E-state index contributed by atoms with van der Waals surface area (Å²) in [5.74, 6) is 0. The summed E-state index contributed by atoms with van der Waals surface area (Å²) in [7, 11) is 1.70. The SMILES string of the molecule is COC[CH2][Al+2].[H-].[H-].[NaH]. The molecule has 0 aromatic heterocycles. The van der Waals surface area contributed by atoms with Crippen molar-refractivity contribution in [3.8, 4) is 0 Å². The van der Waals surface area contributed by atoms with E-state index in [-0.39, 0.29) is 32.4 Å². The van der Waals surface area contributed by atoms with Crippen LogP contribution in [0.2, 0.25) is 5.28 Å². The van der Waals surface area contributed by atoms with Crippen molar-refractivity contribution in [2.75, 3.05) is 13.7 Å². The number of rotatable bonds is 2. The van der Waals surface area contributed by atoms with Gasteiger partial charge in [-0.1, -0.05) is 0 Å². The number of ether oxygens (including phenoxy) is 1. The van der Waals surface area contributed by atoms with Crippen molar-refractivity contribution >= 4 is 45.8 Å². The molecule has 0 spiro atoms. The molecular formula is C3H10AlNaO. The van der Waals surface area contributed by atoms with Gasteiger partial charge in [0.05, 0.1) is 0 Å². The summed E-state index contributed by atoms with van der Waals surface area (Å²) in [5.41, 5.74) is 0. The molecule has 6 heavy (non-hydrogen) atoms. The fourth-order valence-corrected chi connectivity index (χ4v) is 0.354. The first-order chi connectivity index (χ1) is 2.41. The van der Waals surface area contributed by atoms with Crippen molar-refractivity contribution in [3.63, 3.8) is 0 Å². The Morgan fingerprint density at radius 3 is 2.33 bits per heavy atom. The van der Waals surface area contributed by atoms with Gasteiger partial charge in [0.2, 0.25) is 0 Å². The summed E-state index contributed by atoms with van der Waals surface area (Å²) >= 11 is 2.57. The minimum atomic E-state index is 0. The van der Waals surface area contributed by atoms with Gasteiger partial charge in [-0.2, -0.15) is 0 Å². The van der Waals surface area contributed by atoms with E-state index < -0.39 is 0 Å². The van der Waals surface area contributed by atoms with Gasteiger partial charge in [-0.25, -0.2) is 0 Å². The molecule has 0 amide bonds. The molecule has 0 aliphatic rings. The van der Waals surface area contributed by atoms with Crippen molar-refractivity contribution < 1.29 is 7.59 Å². The van der Waals surface area contributed by atoms with Crippen molar-refractivity contribution in [1.82, 2.24) is 0 Å². The zero-order valence-electron chi connectivity index (χ0n) is 5.40. The first-order valence-electron chi connectivity index (χ1n) is 1.61. The Kier molecular flexibility index (Phi) is 16.9. The molecule has 3 heteroatoms. The third kappa shape index (κ3) is 9.09. The van der Waals surface area contributed by atoms with Crippen LogP contribution in [-0.2, 0) is 4.74 Å². The first kappa shape index (κ1) is 10.5. The molecule has 0 aliphatic carbocycles. The Morgan fingerprint density at radius 1 is 1.83 bits per heavy atom. The van der Waals surface area contributed by atoms with Gasteiger partial charge in [0.15, 0.2) is 0 Å². The van der Waals surface area contributed by atoms with Gasteiger partial charge in [0.25, 0.3) is 0 Å². The monoisotopic (exact) mass is 112 g/mol. The third-order valence-corrected chi connectivity index (χ3v) is 0.558.